The number of rotatable bonds is 6. The van der Waals surface area contributed by atoms with Gasteiger partial charge in [-0.15, -0.1) is 0 Å². The van der Waals surface area contributed by atoms with Crippen molar-refractivity contribution in [3.63, 3.8) is 0 Å². The average molecular weight is 575 g/mol. The summed E-state index contributed by atoms with van der Waals surface area (Å²) in [5.74, 6) is -1.90. The minimum absolute atomic E-state index is 0.0656. The molecule has 0 aliphatic carbocycles. The fourth-order valence-electron chi connectivity index (χ4n) is 4.43. The first kappa shape index (κ1) is 27.5. The molecule has 1 aliphatic heterocycles. The lowest BCUT2D eigenvalue weighted by atomic mass is 10.1. The third-order valence-electron chi connectivity index (χ3n) is 6.37. The highest BCUT2D eigenvalue weighted by atomic mass is 19.4. The van der Waals surface area contributed by atoms with Crippen molar-refractivity contribution in [3.05, 3.63) is 53.9 Å². The minimum atomic E-state index is -4.78. The Morgan fingerprint density at radius 3 is 2.59 bits per heavy atom. The van der Waals surface area contributed by atoms with E-state index in [1.807, 2.05) is 0 Å². The number of fused-ring (bicyclic) bond motifs is 1. The van der Waals surface area contributed by atoms with Crippen LogP contribution in [-0.4, -0.2) is 85.8 Å². The summed E-state index contributed by atoms with van der Waals surface area (Å²) in [5, 5.41) is 6.40. The zero-order valence-corrected chi connectivity index (χ0v) is 21.4. The number of carbonyl (C=O) groups excluding carboxylic acids is 2. The number of ether oxygens (including phenoxy) is 2. The summed E-state index contributed by atoms with van der Waals surface area (Å²) in [7, 11) is 2.59. The van der Waals surface area contributed by atoms with Crippen LogP contribution in [0.4, 0.5) is 23.4 Å². The van der Waals surface area contributed by atoms with Gasteiger partial charge in [0.1, 0.15) is 23.6 Å². The molecule has 1 saturated heterocycles. The van der Waals surface area contributed by atoms with Crippen LogP contribution in [0.1, 0.15) is 26.4 Å². The zero-order valence-electron chi connectivity index (χ0n) is 21.4. The Morgan fingerprint density at radius 2 is 1.88 bits per heavy atom. The molecule has 0 saturated carbocycles. The molecule has 0 spiro atoms. The largest absolute Gasteiger partial charge is 0.480 e. The third kappa shape index (κ3) is 5.12. The molecule has 2 amide bonds. The van der Waals surface area contributed by atoms with Crippen molar-refractivity contribution in [2.45, 2.75) is 18.4 Å². The van der Waals surface area contributed by atoms with Crippen LogP contribution in [0, 0.1) is 0 Å². The Morgan fingerprint density at radius 1 is 1.10 bits per heavy atom. The Kier molecular flexibility index (Phi) is 7.02. The molecule has 0 unspecified atom stereocenters. The summed E-state index contributed by atoms with van der Waals surface area (Å²) >= 11 is 0. The van der Waals surface area contributed by atoms with E-state index in [1.54, 1.807) is 0 Å². The van der Waals surface area contributed by atoms with Crippen LogP contribution >= 0.6 is 0 Å². The molecule has 5 heterocycles. The van der Waals surface area contributed by atoms with Crippen molar-refractivity contribution in [2.24, 2.45) is 0 Å². The van der Waals surface area contributed by atoms with Gasteiger partial charge in [-0.1, -0.05) is 0 Å². The molecule has 5 rings (SSSR count). The lowest BCUT2D eigenvalue weighted by Crippen LogP contribution is -2.42. The first-order valence-electron chi connectivity index (χ1n) is 11.9. The van der Waals surface area contributed by atoms with E-state index >= 15 is 0 Å². The maximum atomic E-state index is 14.9. The quantitative estimate of drug-likeness (QED) is 0.324. The van der Waals surface area contributed by atoms with E-state index in [-0.39, 0.29) is 47.4 Å². The van der Waals surface area contributed by atoms with Gasteiger partial charge in [0.15, 0.2) is 11.5 Å². The smallest absolute Gasteiger partial charge is 0.418 e. The second-order valence-corrected chi connectivity index (χ2v) is 8.88. The van der Waals surface area contributed by atoms with Crippen LogP contribution in [-0.2, 0) is 6.18 Å². The Balaban J connectivity index is 1.42. The van der Waals surface area contributed by atoms with Gasteiger partial charge in [0.25, 0.3) is 11.8 Å². The Bertz CT molecular complexity index is 1650. The predicted molar refractivity (Wildman–Crippen MR) is 133 cm³/mol. The number of halogens is 4. The molecular weight excluding hydrogens is 554 g/mol. The number of amides is 2. The number of likely N-dealkylation sites (tertiary alicyclic amines) is 1. The molecule has 0 bridgehead atoms. The summed E-state index contributed by atoms with van der Waals surface area (Å²) in [6.45, 7) is -0.510. The molecule has 4 aromatic rings. The number of nitrogen functional groups attached to an aromatic ring is 1. The van der Waals surface area contributed by atoms with E-state index in [1.165, 1.54) is 43.8 Å². The topological polar surface area (TPSA) is 163 Å². The lowest BCUT2D eigenvalue weighted by molar-refractivity contribution is -0.136. The van der Waals surface area contributed by atoms with Crippen molar-refractivity contribution in [3.8, 4) is 23.0 Å². The van der Waals surface area contributed by atoms with Crippen molar-refractivity contribution >= 4 is 23.1 Å². The van der Waals surface area contributed by atoms with E-state index < -0.39 is 47.1 Å². The van der Waals surface area contributed by atoms with Crippen molar-refractivity contribution in [1.29, 1.82) is 0 Å². The van der Waals surface area contributed by atoms with Gasteiger partial charge in [-0.25, -0.2) is 23.9 Å². The molecule has 1 aliphatic rings. The van der Waals surface area contributed by atoms with E-state index in [0.717, 1.165) is 16.9 Å². The van der Waals surface area contributed by atoms with Gasteiger partial charge < -0.3 is 25.4 Å². The highest BCUT2D eigenvalue weighted by molar-refractivity contribution is 5.98. The first-order valence-corrected chi connectivity index (χ1v) is 11.9. The lowest BCUT2D eigenvalue weighted by Gasteiger charge is -2.17. The van der Waals surface area contributed by atoms with Crippen molar-refractivity contribution in [1.82, 2.24) is 39.8 Å². The predicted octanol–water partition coefficient (Wildman–Crippen LogP) is 1.79. The fourth-order valence-corrected chi connectivity index (χ4v) is 4.43. The molecular formula is C24H21F4N9O4. The summed E-state index contributed by atoms with van der Waals surface area (Å²) in [4.78, 5) is 42.8. The average Bonchev–Trinajstić information content (AvgIpc) is 3.54. The normalized spacial score (nSPS) is 17.1. The number of anilines is 1. The summed E-state index contributed by atoms with van der Waals surface area (Å²) in [6.07, 6.45) is -1.71. The Hall–Kier alpha value is -5.09. The maximum absolute atomic E-state index is 14.9. The number of alkyl halides is 4. The molecule has 0 radical (unpaired) electrons. The number of hydrogen-bond acceptors (Lipinski definition) is 10. The van der Waals surface area contributed by atoms with Crippen LogP contribution < -0.4 is 20.5 Å². The standard InChI is InChI=1S/C24H21F4N9O4/c1-40-18-7-30-6-15(34-18)23(39)36-8-14(25)16(9-36)35-21(38)12-3-11(5-31-22(12)41-2)17-4-13(24(26,27)28)19-20(29)32-10-33-37(17)19/h3-7,10,14,16H,8-9H2,1-2H3,(H,35,38)(H2,29,32,33)/t14-,16+/m0/s1. The van der Waals surface area contributed by atoms with Gasteiger partial charge in [-0.05, 0) is 12.1 Å². The van der Waals surface area contributed by atoms with E-state index in [2.05, 4.69) is 30.4 Å². The third-order valence-corrected chi connectivity index (χ3v) is 6.37. The molecule has 1 fully saturated rings. The number of nitrogens with one attached hydrogen (secondary N) is 1. The number of nitrogens with two attached hydrogens (primary N) is 1. The molecule has 214 valence electrons. The molecule has 13 nitrogen and oxygen atoms in total. The van der Waals surface area contributed by atoms with E-state index in [9.17, 15) is 27.2 Å². The number of aromatic nitrogens is 6. The number of pyridine rings is 1. The van der Waals surface area contributed by atoms with Gasteiger partial charge in [-0.3, -0.25) is 14.6 Å². The molecule has 0 aromatic carbocycles. The molecule has 3 N–H and O–H groups in total. The minimum Gasteiger partial charge on any atom is -0.480 e. The zero-order chi connectivity index (χ0) is 29.5. The maximum Gasteiger partial charge on any atom is 0.418 e. The van der Waals surface area contributed by atoms with Gasteiger partial charge in [-0.2, -0.15) is 18.3 Å². The van der Waals surface area contributed by atoms with Crippen LogP contribution in [0.15, 0.2) is 37.1 Å². The molecule has 2 atom stereocenters. The summed E-state index contributed by atoms with van der Waals surface area (Å²) < 4.78 is 67.3. The molecule has 17 heteroatoms. The first-order chi connectivity index (χ1) is 19.5. The number of nitrogens with zero attached hydrogens (tertiary/aromatic N) is 7. The van der Waals surface area contributed by atoms with Gasteiger partial charge in [0.05, 0.1) is 50.5 Å². The monoisotopic (exact) mass is 575 g/mol. The summed E-state index contributed by atoms with van der Waals surface area (Å²) in [6, 6.07) is 0.931. The molecule has 41 heavy (non-hydrogen) atoms. The number of carbonyl (C=O) groups is 2. The highest BCUT2D eigenvalue weighted by Gasteiger charge is 2.39. The van der Waals surface area contributed by atoms with Crippen LogP contribution in [0.25, 0.3) is 16.8 Å². The molecule has 4 aromatic heterocycles. The van der Waals surface area contributed by atoms with Gasteiger partial charge >= 0.3 is 6.18 Å². The van der Waals surface area contributed by atoms with Crippen molar-refractivity contribution < 1.29 is 36.6 Å². The van der Waals surface area contributed by atoms with Crippen LogP contribution in [0.2, 0.25) is 0 Å². The van der Waals surface area contributed by atoms with Crippen LogP contribution in [0.3, 0.4) is 0 Å². The summed E-state index contributed by atoms with van der Waals surface area (Å²) in [5.41, 5.74) is 3.90. The van der Waals surface area contributed by atoms with Gasteiger partial charge in [0.2, 0.25) is 11.8 Å². The van der Waals surface area contributed by atoms with Crippen molar-refractivity contribution in [2.75, 3.05) is 33.0 Å². The second kappa shape index (κ2) is 10.5. The number of methoxy groups -OCH3 is 2. The van der Waals surface area contributed by atoms with Gasteiger partial charge in [0, 0.05) is 18.3 Å². The fraction of sp³-hybridized carbons (Fsp3) is 0.292. The number of hydrogen-bond donors (Lipinski definition) is 2. The highest BCUT2D eigenvalue weighted by Crippen LogP contribution is 2.39. The SMILES string of the molecule is COc1cncc(C(=O)N2C[C@H](F)[C@H](NC(=O)c3cc(-c4cc(C(F)(F)F)c5c(N)ncnn45)cnc3OC)C2)n1. The van der Waals surface area contributed by atoms with E-state index in [4.69, 9.17) is 15.2 Å². The van der Waals surface area contributed by atoms with Crippen LogP contribution in [0.5, 0.6) is 11.8 Å². The van der Waals surface area contributed by atoms with E-state index in [0.29, 0.717) is 0 Å². The Labute approximate surface area is 228 Å². The second-order valence-electron chi connectivity index (χ2n) is 8.88.